The molecule has 1 N–H and O–H groups in total. The lowest BCUT2D eigenvalue weighted by molar-refractivity contribution is -0.255. The Morgan fingerprint density at radius 1 is 1.17 bits per heavy atom. The van der Waals surface area contributed by atoms with Gasteiger partial charge in [-0.25, -0.2) is 5.43 Å². The Bertz CT molecular complexity index is 776. The van der Waals surface area contributed by atoms with Gasteiger partial charge in [-0.3, -0.25) is 4.79 Å². The van der Waals surface area contributed by atoms with Crippen LogP contribution in [0.2, 0.25) is 10.0 Å². The SMILES string of the molecule is O=C(COc1cc(Cl)ccc1Cl)N/N=C\c1ccc(C(=O)[O-])cc1. The number of carboxylic acid groups (broad SMARTS) is 1. The van der Waals surface area contributed by atoms with E-state index in [-0.39, 0.29) is 12.2 Å². The van der Waals surface area contributed by atoms with Gasteiger partial charge in [0.05, 0.1) is 17.2 Å². The average molecular weight is 366 g/mol. The zero-order valence-corrected chi connectivity index (χ0v) is 13.7. The predicted octanol–water partition coefficient (Wildman–Crippen LogP) is 1.89. The summed E-state index contributed by atoms with van der Waals surface area (Å²) in [4.78, 5) is 22.3. The number of carbonyl (C=O) groups excluding carboxylic acids is 2. The Hall–Kier alpha value is -2.57. The van der Waals surface area contributed by atoms with Crippen LogP contribution < -0.4 is 15.3 Å². The molecule has 0 spiro atoms. The van der Waals surface area contributed by atoms with Crippen molar-refractivity contribution in [1.82, 2.24) is 5.43 Å². The number of carbonyl (C=O) groups is 2. The summed E-state index contributed by atoms with van der Waals surface area (Å²) in [7, 11) is 0. The molecule has 2 aromatic rings. The molecule has 0 saturated carbocycles. The largest absolute Gasteiger partial charge is 0.545 e. The van der Waals surface area contributed by atoms with Crippen molar-refractivity contribution < 1.29 is 19.4 Å². The van der Waals surface area contributed by atoms with Gasteiger partial charge < -0.3 is 14.6 Å². The summed E-state index contributed by atoms with van der Waals surface area (Å²) in [6.07, 6.45) is 1.36. The quantitative estimate of drug-likeness (QED) is 0.624. The van der Waals surface area contributed by atoms with Crippen LogP contribution in [0.4, 0.5) is 0 Å². The number of rotatable bonds is 6. The smallest absolute Gasteiger partial charge is 0.277 e. The van der Waals surface area contributed by atoms with Gasteiger partial charge in [0.25, 0.3) is 5.91 Å². The van der Waals surface area contributed by atoms with Crippen LogP contribution in [0.3, 0.4) is 0 Å². The van der Waals surface area contributed by atoms with Crippen molar-refractivity contribution in [2.75, 3.05) is 6.61 Å². The molecule has 0 saturated heterocycles. The molecule has 0 aliphatic heterocycles. The van der Waals surface area contributed by atoms with Crippen molar-refractivity contribution in [3.8, 4) is 5.75 Å². The van der Waals surface area contributed by atoms with Gasteiger partial charge in [-0.15, -0.1) is 0 Å². The molecule has 2 aromatic carbocycles. The van der Waals surface area contributed by atoms with Gasteiger partial charge in [-0.1, -0.05) is 47.5 Å². The normalized spacial score (nSPS) is 10.6. The monoisotopic (exact) mass is 365 g/mol. The standard InChI is InChI=1S/C16H12Cl2N2O4/c17-12-5-6-13(18)14(7-12)24-9-15(21)20-19-8-10-1-3-11(4-2-10)16(22)23/h1-8H,9H2,(H,20,21)(H,22,23)/p-1/b19-8-. The number of nitrogens with zero attached hydrogens (tertiary/aromatic N) is 1. The van der Waals surface area contributed by atoms with E-state index < -0.39 is 11.9 Å². The number of nitrogens with one attached hydrogen (secondary N) is 1. The third-order valence-electron chi connectivity index (χ3n) is 2.80. The summed E-state index contributed by atoms with van der Waals surface area (Å²) < 4.78 is 5.25. The first-order valence-corrected chi connectivity index (χ1v) is 7.42. The van der Waals surface area contributed by atoms with Crippen LogP contribution in [0.15, 0.2) is 47.6 Å². The number of benzene rings is 2. The molecule has 0 aromatic heterocycles. The summed E-state index contributed by atoms with van der Waals surface area (Å²) in [6.45, 7) is -0.291. The molecule has 0 aliphatic rings. The average Bonchev–Trinajstić information content (AvgIpc) is 2.56. The summed E-state index contributed by atoms with van der Waals surface area (Å²) in [6, 6.07) is 10.5. The lowest BCUT2D eigenvalue weighted by Gasteiger charge is -2.07. The molecule has 1 amide bonds. The molecule has 0 atom stereocenters. The third kappa shape index (κ3) is 5.26. The molecule has 0 unspecified atom stereocenters. The van der Waals surface area contributed by atoms with E-state index in [4.69, 9.17) is 27.9 Å². The minimum atomic E-state index is -1.26. The van der Waals surface area contributed by atoms with Gasteiger partial charge in [-0.05, 0) is 23.3 Å². The maximum atomic E-state index is 11.6. The zero-order valence-electron chi connectivity index (χ0n) is 12.2. The van der Waals surface area contributed by atoms with Crippen molar-refractivity contribution in [1.29, 1.82) is 0 Å². The maximum Gasteiger partial charge on any atom is 0.277 e. The van der Waals surface area contributed by atoms with Gasteiger partial charge >= 0.3 is 0 Å². The van der Waals surface area contributed by atoms with E-state index in [2.05, 4.69) is 10.5 Å². The van der Waals surface area contributed by atoms with E-state index in [1.54, 1.807) is 12.1 Å². The number of aromatic carboxylic acids is 1. The second-order valence-corrected chi connectivity index (χ2v) is 5.41. The number of hydrogen-bond acceptors (Lipinski definition) is 5. The molecule has 0 aliphatic carbocycles. The highest BCUT2D eigenvalue weighted by atomic mass is 35.5. The van der Waals surface area contributed by atoms with E-state index in [1.807, 2.05) is 0 Å². The van der Waals surface area contributed by atoms with Crippen molar-refractivity contribution in [3.05, 3.63) is 63.6 Å². The van der Waals surface area contributed by atoms with Crippen LogP contribution in [0.1, 0.15) is 15.9 Å². The topological polar surface area (TPSA) is 90.8 Å². The fourth-order valence-corrected chi connectivity index (χ4v) is 1.98. The van der Waals surface area contributed by atoms with Gasteiger partial charge in [0.15, 0.2) is 6.61 Å². The van der Waals surface area contributed by atoms with Gasteiger partial charge in [0, 0.05) is 11.1 Å². The molecule has 0 radical (unpaired) electrons. The number of hydrogen-bond donors (Lipinski definition) is 1. The molecule has 6 nitrogen and oxygen atoms in total. The first-order valence-electron chi connectivity index (χ1n) is 6.67. The zero-order chi connectivity index (χ0) is 17.5. The summed E-state index contributed by atoms with van der Waals surface area (Å²) in [5.41, 5.74) is 2.94. The second kappa shape index (κ2) is 8.33. The van der Waals surface area contributed by atoms with Crippen molar-refractivity contribution in [3.63, 3.8) is 0 Å². The molecule has 0 heterocycles. The van der Waals surface area contributed by atoms with E-state index in [0.29, 0.717) is 21.4 Å². The number of amides is 1. The van der Waals surface area contributed by atoms with Crippen LogP contribution in [-0.4, -0.2) is 24.7 Å². The predicted molar refractivity (Wildman–Crippen MR) is 88.5 cm³/mol. The highest BCUT2D eigenvalue weighted by Gasteiger charge is 2.06. The molecule has 24 heavy (non-hydrogen) atoms. The van der Waals surface area contributed by atoms with Gasteiger partial charge in [-0.2, -0.15) is 5.10 Å². The molecule has 2 rings (SSSR count). The lowest BCUT2D eigenvalue weighted by Crippen LogP contribution is -2.24. The minimum Gasteiger partial charge on any atom is -0.545 e. The summed E-state index contributed by atoms with van der Waals surface area (Å²) in [5.74, 6) is -1.46. The van der Waals surface area contributed by atoms with E-state index in [1.165, 1.54) is 36.5 Å². The first kappa shape index (κ1) is 17.8. The molecular weight excluding hydrogens is 355 g/mol. The molecule has 8 heteroatoms. The number of halogens is 2. The highest BCUT2D eigenvalue weighted by Crippen LogP contribution is 2.27. The van der Waals surface area contributed by atoms with Crippen molar-refractivity contribution in [2.24, 2.45) is 5.10 Å². The summed E-state index contributed by atoms with van der Waals surface area (Å²) >= 11 is 11.7. The van der Waals surface area contributed by atoms with E-state index in [0.717, 1.165) is 0 Å². The Balaban J connectivity index is 1.84. The molecule has 0 fully saturated rings. The molecule has 124 valence electrons. The Morgan fingerprint density at radius 3 is 2.54 bits per heavy atom. The second-order valence-electron chi connectivity index (χ2n) is 4.57. The maximum absolute atomic E-state index is 11.6. The van der Waals surface area contributed by atoms with Crippen LogP contribution in [0.25, 0.3) is 0 Å². The molecular formula is C16H11Cl2N2O4-. The lowest BCUT2D eigenvalue weighted by atomic mass is 10.1. The van der Waals surface area contributed by atoms with E-state index >= 15 is 0 Å². The highest BCUT2D eigenvalue weighted by molar-refractivity contribution is 6.34. The first-order chi connectivity index (χ1) is 11.5. The molecule has 0 bridgehead atoms. The van der Waals surface area contributed by atoms with Crippen molar-refractivity contribution in [2.45, 2.75) is 0 Å². The van der Waals surface area contributed by atoms with Crippen LogP contribution in [0.5, 0.6) is 5.75 Å². The number of ether oxygens (including phenoxy) is 1. The third-order valence-corrected chi connectivity index (χ3v) is 3.35. The van der Waals surface area contributed by atoms with Crippen LogP contribution in [-0.2, 0) is 4.79 Å². The minimum absolute atomic E-state index is 0.0583. The number of carboxylic acids is 1. The Morgan fingerprint density at radius 2 is 1.88 bits per heavy atom. The van der Waals surface area contributed by atoms with Gasteiger partial charge in [0.1, 0.15) is 5.75 Å². The fourth-order valence-electron chi connectivity index (χ4n) is 1.65. The van der Waals surface area contributed by atoms with Gasteiger partial charge in [0.2, 0.25) is 0 Å². The van der Waals surface area contributed by atoms with E-state index in [9.17, 15) is 14.7 Å². The fraction of sp³-hybridized carbons (Fsp3) is 0.0625. The van der Waals surface area contributed by atoms with Crippen LogP contribution >= 0.6 is 23.2 Å². The Labute approximate surface area is 147 Å². The summed E-state index contributed by atoms with van der Waals surface area (Å²) in [5, 5.41) is 15.1. The number of hydrazone groups is 1. The van der Waals surface area contributed by atoms with Crippen molar-refractivity contribution >= 4 is 41.3 Å². The Kier molecular flexibility index (Phi) is 6.17. The van der Waals surface area contributed by atoms with Crippen LogP contribution in [0, 0.1) is 0 Å².